The fourth-order valence-electron chi connectivity index (χ4n) is 2.12. The van der Waals surface area contributed by atoms with Gasteiger partial charge in [0.25, 0.3) is 5.91 Å². The van der Waals surface area contributed by atoms with E-state index in [0.717, 1.165) is 5.56 Å². The molecule has 0 aliphatic rings. The molecule has 0 spiro atoms. The van der Waals surface area contributed by atoms with Gasteiger partial charge in [-0.2, -0.15) is 5.26 Å². The highest BCUT2D eigenvalue weighted by Gasteiger charge is 2.30. The zero-order chi connectivity index (χ0) is 17.7. The van der Waals surface area contributed by atoms with Crippen molar-refractivity contribution in [2.75, 3.05) is 11.1 Å². The average Bonchev–Trinajstić information content (AvgIpc) is 2.57. The first-order chi connectivity index (χ1) is 11.3. The number of anilines is 2. The van der Waals surface area contributed by atoms with E-state index in [4.69, 9.17) is 22.6 Å². The van der Waals surface area contributed by atoms with Gasteiger partial charge in [0.05, 0.1) is 22.3 Å². The van der Waals surface area contributed by atoms with Crippen LogP contribution in [0.25, 0.3) is 0 Å². The number of carbonyl (C=O) groups excluding carboxylic acids is 1. The molecule has 4 N–H and O–H groups in total. The van der Waals surface area contributed by atoms with Crippen molar-refractivity contribution in [2.45, 2.75) is 25.4 Å². The highest BCUT2D eigenvalue weighted by atomic mass is 35.5. The van der Waals surface area contributed by atoms with Gasteiger partial charge in [-0.1, -0.05) is 23.7 Å². The standard InChI is InChI=1S/C18H18ClN3O2/c1-18(24,9-8-12-2-4-13(11-20)5-3-12)17(23)22-14-6-7-16(21)15(19)10-14/h2-7,10,24H,8-9,21H2,1H3,(H,22,23)/t18-/m0/s1. The van der Waals surface area contributed by atoms with Gasteiger partial charge in [0.2, 0.25) is 0 Å². The number of amides is 1. The van der Waals surface area contributed by atoms with Crippen LogP contribution in [0.5, 0.6) is 0 Å². The Kier molecular flexibility index (Phi) is 5.45. The molecule has 5 nitrogen and oxygen atoms in total. The van der Waals surface area contributed by atoms with Crippen molar-refractivity contribution in [2.24, 2.45) is 0 Å². The lowest BCUT2D eigenvalue weighted by Gasteiger charge is -2.22. The Bertz CT molecular complexity index is 780. The first-order valence-electron chi connectivity index (χ1n) is 7.40. The SMILES string of the molecule is C[C@](O)(CCc1ccc(C#N)cc1)C(=O)Nc1ccc(N)c(Cl)c1. The average molecular weight is 344 g/mol. The van der Waals surface area contributed by atoms with E-state index in [1.54, 1.807) is 24.3 Å². The van der Waals surface area contributed by atoms with Crippen LogP contribution < -0.4 is 11.1 Å². The van der Waals surface area contributed by atoms with Crippen molar-refractivity contribution in [3.05, 3.63) is 58.6 Å². The maximum Gasteiger partial charge on any atom is 0.256 e. The number of rotatable bonds is 5. The second-order valence-corrected chi connectivity index (χ2v) is 6.18. The second-order valence-electron chi connectivity index (χ2n) is 5.77. The molecule has 0 saturated heterocycles. The molecule has 2 rings (SSSR count). The molecule has 0 aliphatic heterocycles. The van der Waals surface area contributed by atoms with Crippen LogP contribution in [0.2, 0.25) is 5.02 Å². The number of nitriles is 1. The van der Waals surface area contributed by atoms with Gasteiger partial charge in [0, 0.05) is 5.69 Å². The molecule has 0 radical (unpaired) electrons. The van der Waals surface area contributed by atoms with Gasteiger partial charge in [-0.25, -0.2) is 0 Å². The third-order valence-corrected chi connectivity index (χ3v) is 4.06. The molecule has 1 amide bonds. The Labute approximate surface area is 145 Å². The Balaban J connectivity index is 1.98. The molecule has 2 aromatic carbocycles. The summed E-state index contributed by atoms with van der Waals surface area (Å²) < 4.78 is 0. The number of nitrogens with two attached hydrogens (primary N) is 1. The van der Waals surface area contributed by atoms with Crippen LogP contribution in [0.15, 0.2) is 42.5 Å². The maximum absolute atomic E-state index is 12.3. The fourth-order valence-corrected chi connectivity index (χ4v) is 2.30. The smallest absolute Gasteiger partial charge is 0.256 e. The van der Waals surface area contributed by atoms with E-state index >= 15 is 0 Å². The molecule has 0 fully saturated rings. The summed E-state index contributed by atoms with van der Waals surface area (Å²) in [4.78, 5) is 12.3. The molecule has 1 atom stereocenters. The number of halogens is 1. The number of hydrogen-bond donors (Lipinski definition) is 3. The van der Waals surface area contributed by atoms with Gasteiger partial charge < -0.3 is 16.2 Å². The number of carbonyl (C=O) groups is 1. The summed E-state index contributed by atoms with van der Waals surface area (Å²) in [5, 5.41) is 22.2. The van der Waals surface area contributed by atoms with E-state index in [0.29, 0.717) is 28.4 Å². The highest BCUT2D eigenvalue weighted by molar-refractivity contribution is 6.33. The molecule has 24 heavy (non-hydrogen) atoms. The minimum absolute atomic E-state index is 0.243. The minimum atomic E-state index is -1.54. The second kappa shape index (κ2) is 7.35. The largest absolute Gasteiger partial charge is 0.398 e. The molecule has 6 heteroatoms. The van der Waals surface area contributed by atoms with Crippen LogP contribution in [0.3, 0.4) is 0 Å². The quantitative estimate of drug-likeness (QED) is 0.726. The lowest BCUT2D eigenvalue weighted by molar-refractivity contribution is -0.132. The number of nitrogens with one attached hydrogen (secondary N) is 1. The Morgan fingerprint density at radius 1 is 1.33 bits per heavy atom. The molecule has 0 heterocycles. The fraction of sp³-hybridized carbons (Fsp3) is 0.222. The summed E-state index contributed by atoms with van der Waals surface area (Å²) in [7, 11) is 0. The predicted molar refractivity (Wildman–Crippen MR) is 94.6 cm³/mol. The molecule has 124 valence electrons. The lowest BCUT2D eigenvalue weighted by Crippen LogP contribution is -2.40. The van der Waals surface area contributed by atoms with E-state index in [1.807, 2.05) is 18.2 Å². The van der Waals surface area contributed by atoms with E-state index < -0.39 is 11.5 Å². The van der Waals surface area contributed by atoms with Gasteiger partial charge in [-0.15, -0.1) is 0 Å². The molecular formula is C18H18ClN3O2. The number of aliphatic hydroxyl groups is 1. The van der Waals surface area contributed by atoms with E-state index in [2.05, 4.69) is 5.32 Å². The molecule has 0 aliphatic carbocycles. The van der Waals surface area contributed by atoms with Crippen LogP contribution in [-0.2, 0) is 11.2 Å². The predicted octanol–water partition coefficient (Wildman–Crippen LogP) is 3.12. The zero-order valence-electron chi connectivity index (χ0n) is 13.2. The van der Waals surface area contributed by atoms with Gasteiger partial charge in [-0.3, -0.25) is 4.79 Å². The molecule has 0 bridgehead atoms. The van der Waals surface area contributed by atoms with Crippen LogP contribution in [0.1, 0.15) is 24.5 Å². The first-order valence-corrected chi connectivity index (χ1v) is 7.77. The summed E-state index contributed by atoms with van der Waals surface area (Å²) in [6.07, 6.45) is 0.752. The van der Waals surface area contributed by atoms with Crippen LogP contribution >= 0.6 is 11.6 Å². The lowest BCUT2D eigenvalue weighted by atomic mass is 9.95. The van der Waals surface area contributed by atoms with Gasteiger partial charge in [0.1, 0.15) is 5.60 Å². The van der Waals surface area contributed by atoms with Gasteiger partial charge >= 0.3 is 0 Å². The monoisotopic (exact) mass is 343 g/mol. The molecule has 2 aromatic rings. The van der Waals surface area contributed by atoms with E-state index in [1.165, 1.54) is 13.0 Å². The number of hydrogen-bond acceptors (Lipinski definition) is 4. The number of aryl methyl sites for hydroxylation is 1. The number of benzene rings is 2. The first kappa shape index (κ1) is 17.8. The summed E-state index contributed by atoms with van der Waals surface area (Å²) in [6.45, 7) is 1.46. The van der Waals surface area contributed by atoms with Crippen molar-refractivity contribution in [3.63, 3.8) is 0 Å². The molecular weight excluding hydrogens is 326 g/mol. The Morgan fingerprint density at radius 2 is 2.00 bits per heavy atom. The summed E-state index contributed by atoms with van der Waals surface area (Å²) in [6, 6.07) is 13.8. The summed E-state index contributed by atoms with van der Waals surface area (Å²) in [5.41, 5.74) is 6.49. The number of nitrogen functional groups attached to an aromatic ring is 1. The summed E-state index contributed by atoms with van der Waals surface area (Å²) >= 11 is 5.92. The third kappa shape index (κ3) is 4.48. The normalized spacial score (nSPS) is 12.9. The minimum Gasteiger partial charge on any atom is -0.398 e. The van der Waals surface area contributed by atoms with Crippen LogP contribution in [-0.4, -0.2) is 16.6 Å². The Morgan fingerprint density at radius 3 is 2.58 bits per heavy atom. The van der Waals surface area contributed by atoms with Crippen LogP contribution in [0, 0.1) is 11.3 Å². The topological polar surface area (TPSA) is 99.1 Å². The van der Waals surface area contributed by atoms with Crippen LogP contribution in [0.4, 0.5) is 11.4 Å². The van der Waals surface area contributed by atoms with Crippen molar-refractivity contribution in [1.29, 1.82) is 5.26 Å². The Hall–Kier alpha value is -2.55. The molecule has 0 aromatic heterocycles. The third-order valence-electron chi connectivity index (χ3n) is 3.73. The van der Waals surface area contributed by atoms with Crippen molar-refractivity contribution < 1.29 is 9.90 Å². The van der Waals surface area contributed by atoms with Crippen molar-refractivity contribution >= 4 is 28.9 Å². The van der Waals surface area contributed by atoms with Crippen molar-refractivity contribution in [3.8, 4) is 6.07 Å². The van der Waals surface area contributed by atoms with E-state index in [-0.39, 0.29) is 6.42 Å². The highest BCUT2D eigenvalue weighted by Crippen LogP contribution is 2.24. The molecule has 0 unspecified atom stereocenters. The van der Waals surface area contributed by atoms with Gasteiger partial charge in [-0.05, 0) is 55.7 Å². The van der Waals surface area contributed by atoms with Crippen molar-refractivity contribution in [1.82, 2.24) is 0 Å². The number of nitrogens with zero attached hydrogens (tertiary/aromatic N) is 1. The molecule has 0 saturated carbocycles. The van der Waals surface area contributed by atoms with Gasteiger partial charge in [0.15, 0.2) is 0 Å². The maximum atomic E-state index is 12.3. The van der Waals surface area contributed by atoms with E-state index in [9.17, 15) is 9.90 Å². The summed E-state index contributed by atoms with van der Waals surface area (Å²) in [5.74, 6) is -0.517. The zero-order valence-corrected chi connectivity index (χ0v) is 14.0.